The lowest BCUT2D eigenvalue weighted by atomic mass is 9.86. The van der Waals surface area contributed by atoms with Gasteiger partial charge in [-0.05, 0) is 24.6 Å². The van der Waals surface area contributed by atoms with E-state index in [0.29, 0.717) is 18.2 Å². The summed E-state index contributed by atoms with van der Waals surface area (Å²) in [5, 5.41) is 7.50. The number of carbonyl (C=O) groups is 1. The van der Waals surface area contributed by atoms with Crippen LogP contribution in [0.2, 0.25) is 0 Å². The van der Waals surface area contributed by atoms with Gasteiger partial charge in [-0.2, -0.15) is 9.78 Å². The Morgan fingerprint density at radius 3 is 2.71 bits per heavy atom. The van der Waals surface area contributed by atoms with E-state index in [9.17, 15) is 4.79 Å². The molecule has 1 aliphatic heterocycles. The normalized spacial score (nSPS) is 16.6. The molecule has 4 rings (SSSR count). The van der Waals surface area contributed by atoms with Crippen molar-refractivity contribution in [1.82, 2.24) is 19.7 Å². The first-order valence-corrected chi connectivity index (χ1v) is 8.35. The molecule has 0 fully saturated rings. The van der Waals surface area contributed by atoms with Gasteiger partial charge >= 0.3 is 0 Å². The van der Waals surface area contributed by atoms with Crippen molar-refractivity contribution in [2.75, 3.05) is 5.32 Å². The molecule has 0 aliphatic carbocycles. The van der Waals surface area contributed by atoms with Crippen molar-refractivity contribution in [2.24, 2.45) is 0 Å². The second-order valence-corrected chi connectivity index (χ2v) is 6.49. The van der Waals surface area contributed by atoms with Crippen molar-refractivity contribution in [2.45, 2.75) is 19.3 Å². The predicted octanol–water partition coefficient (Wildman–Crippen LogP) is 3.21. The number of aromatic nitrogens is 4. The van der Waals surface area contributed by atoms with Gasteiger partial charge in [0.1, 0.15) is 5.82 Å². The molecule has 0 saturated carbocycles. The third-order valence-corrected chi connectivity index (χ3v) is 4.85. The largest absolute Gasteiger partial charge is 0.310 e. The fourth-order valence-electron chi connectivity index (χ4n) is 3.12. The molecule has 1 unspecified atom stereocenters. The minimum Gasteiger partial charge on any atom is -0.310 e. The Bertz CT molecular complexity index is 922. The molecule has 120 valence electrons. The van der Waals surface area contributed by atoms with Gasteiger partial charge in [0.2, 0.25) is 5.91 Å². The maximum atomic E-state index is 12.3. The Hall–Kier alpha value is -2.54. The van der Waals surface area contributed by atoms with Crippen LogP contribution >= 0.6 is 15.9 Å². The van der Waals surface area contributed by atoms with Gasteiger partial charge in [-0.15, -0.1) is 0 Å². The Morgan fingerprint density at radius 1 is 1.21 bits per heavy atom. The zero-order chi connectivity index (χ0) is 16.7. The van der Waals surface area contributed by atoms with Crippen LogP contribution in [-0.2, 0) is 4.79 Å². The molecular weight excluding hydrogens is 370 g/mol. The van der Waals surface area contributed by atoms with Gasteiger partial charge in [0.15, 0.2) is 0 Å². The highest BCUT2D eigenvalue weighted by Crippen LogP contribution is 2.41. The number of nitrogens with one attached hydrogen (secondary N) is 1. The van der Waals surface area contributed by atoms with Crippen LogP contribution in [0.4, 0.5) is 5.82 Å². The number of anilines is 1. The van der Waals surface area contributed by atoms with Crippen molar-refractivity contribution in [3.05, 3.63) is 64.0 Å². The van der Waals surface area contributed by atoms with Crippen molar-refractivity contribution >= 4 is 27.7 Å². The summed E-state index contributed by atoms with van der Waals surface area (Å²) in [5.74, 6) is 0.993. The van der Waals surface area contributed by atoms with Crippen LogP contribution in [0.1, 0.15) is 29.2 Å². The lowest BCUT2D eigenvalue weighted by molar-refractivity contribution is -0.116. The molecule has 0 bridgehead atoms. The van der Waals surface area contributed by atoms with Gasteiger partial charge in [0.25, 0.3) is 5.95 Å². The fraction of sp³-hybridized carbons (Fsp3) is 0.176. The van der Waals surface area contributed by atoms with Gasteiger partial charge in [-0.1, -0.05) is 34.1 Å². The number of benzene rings is 1. The lowest BCUT2D eigenvalue weighted by Crippen LogP contribution is -2.25. The molecule has 6 nitrogen and oxygen atoms in total. The van der Waals surface area contributed by atoms with E-state index in [2.05, 4.69) is 36.3 Å². The van der Waals surface area contributed by atoms with Crippen molar-refractivity contribution in [3.63, 3.8) is 0 Å². The number of hydrogen-bond acceptors (Lipinski definition) is 4. The lowest BCUT2D eigenvalue weighted by Gasteiger charge is -2.24. The molecule has 2 aromatic heterocycles. The Kier molecular flexibility index (Phi) is 3.65. The van der Waals surface area contributed by atoms with E-state index in [1.165, 1.54) is 0 Å². The number of carbonyl (C=O) groups excluding carboxylic acids is 1. The van der Waals surface area contributed by atoms with Crippen LogP contribution in [0.25, 0.3) is 5.95 Å². The molecule has 1 N–H and O–H groups in total. The van der Waals surface area contributed by atoms with Crippen LogP contribution in [0.15, 0.2) is 47.2 Å². The maximum Gasteiger partial charge on any atom is 0.252 e. The highest BCUT2D eigenvalue weighted by Gasteiger charge is 2.33. The van der Waals surface area contributed by atoms with Crippen LogP contribution in [0.3, 0.4) is 0 Å². The van der Waals surface area contributed by atoms with Gasteiger partial charge in [-0.3, -0.25) is 4.79 Å². The molecule has 3 heterocycles. The van der Waals surface area contributed by atoms with Crippen molar-refractivity contribution < 1.29 is 4.79 Å². The second-order valence-electron chi connectivity index (χ2n) is 5.63. The van der Waals surface area contributed by atoms with Gasteiger partial charge < -0.3 is 5.32 Å². The second kappa shape index (κ2) is 5.83. The summed E-state index contributed by atoms with van der Waals surface area (Å²) in [7, 11) is 0. The zero-order valence-electron chi connectivity index (χ0n) is 12.9. The van der Waals surface area contributed by atoms with Crippen molar-refractivity contribution in [3.8, 4) is 5.95 Å². The van der Waals surface area contributed by atoms with E-state index in [4.69, 9.17) is 0 Å². The van der Waals surface area contributed by atoms with E-state index < -0.39 is 0 Å². The minimum atomic E-state index is -0.0539. The van der Waals surface area contributed by atoms with E-state index in [0.717, 1.165) is 21.3 Å². The summed E-state index contributed by atoms with van der Waals surface area (Å²) in [6.07, 6.45) is 3.70. The molecule has 7 heteroatoms. The molecular formula is C17H14BrN5O. The summed E-state index contributed by atoms with van der Waals surface area (Å²) in [6, 6.07) is 9.71. The molecule has 1 aliphatic rings. The first kappa shape index (κ1) is 15.0. The first-order chi connectivity index (χ1) is 11.6. The summed E-state index contributed by atoms with van der Waals surface area (Å²) in [6.45, 7) is 1.94. The molecule has 0 spiro atoms. The van der Waals surface area contributed by atoms with Gasteiger partial charge in [0.05, 0.1) is 5.69 Å². The van der Waals surface area contributed by atoms with Crippen LogP contribution < -0.4 is 5.32 Å². The van der Waals surface area contributed by atoms with Gasteiger partial charge in [-0.25, -0.2) is 9.97 Å². The number of hydrogen-bond donors (Lipinski definition) is 1. The average molecular weight is 384 g/mol. The van der Waals surface area contributed by atoms with Crippen molar-refractivity contribution in [1.29, 1.82) is 0 Å². The fourth-order valence-corrected chi connectivity index (χ4v) is 3.68. The summed E-state index contributed by atoms with van der Waals surface area (Å²) >= 11 is 3.60. The van der Waals surface area contributed by atoms with Crippen LogP contribution in [0, 0.1) is 6.92 Å². The molecule has 1 amide bonds. The predicted molar refractivity (Wildman–Crippen MR) is 93.1 cm³/mol. The van der Waals surface area contributed by atoms with E-state index >= 15 is 0 Å². The van der Waals surface area contributed by atoms with E-state index in [1.807, 2.05) is 31.2 Å². The molecule has 24 heavy (non-hydrogen) atoms. The summed E-state index contributed by atoms with van der Waals surface area (Å²) in [5.41, 5.74) is 2.94. The zero-order valence-corrected chi connectivity index (χ0v) is 14.5. The standard InChI is InChI=1S/C17H14BrN5O/c1-10-15-12(11-5-2-3-6-13(11)18)9-14(24)21-16(15)23(22-10)17-19-7-4-8-20-17/h2-8,12H,9H2,1H3,(H,21,24). The first-order valence-electron chi connectivity index (χ1n) is 7.56. The Labute approximate surface area is 147 Å². The maximum absolute atomic E-state index is 12.3. The molecule has 3 aromatic rings. The number of amides is 1. The molecule has 0 radical (unpaired) electrons. The van der Waals surface area contributed by atoms with Crippen LogP contribution in [0.5, 0.6) is 0 Å². The topological polar surface area (TPSA) is 72.7 Å². The number of rotatable bonds is 2. The SMILES string of the molecule is Cc1nn(-c2ncccn2)c2c1C(c1ccccc1Br)CC(=O)N2. The smallest absolute Gasteiger partial charge is 0.252 e. The Balaban J connectivity index is 1.91. The highest BCUT2D eigenvalue weighted by molar-refractivity contribution is 9.10. The summed E-state index contributed by atoms with van der Waals surface area (Å²) < 4.78 is 2.59. The number of fused-ring (bicyclic) bond motifs is 1. The minimum absolute atomic E-state index is 0.0414. The quantitative estimate of drug-likeness (QED) is 0.737. The third-order valence-electron chi connectivity index (χ3n) is 4.12. The van der Waals surface area contributed by atoms with Gasteiger partial charge in [0, 0.05) is 34.8 Å². The third kappa shape index (κ3) is 2.41. The van der Waals surface area contributed by atoms with E-state index in [1.54, 1.807) is 23.1 Å². The van der Waals surface area contributed by atoms with Crippen LogP contribution in [-0.4, -0.2) is 25.7 Å². The average Bonchev–Trinajstić information content (AvgIpc) is 2.92. The summed E-state index contributed by atoms with van der Waals surface area (Å²) in [4.78, 5) is 20.8. The van der Waals surface area contributed by atoms with E-state index in [-0.39, 0.29) is 11.8 Å². The Morgan fingerprint density at radius 2 is 1.96 bits per heavy atom. The number of nitrogens with zero attached hydrogens (tertiary/aromatic N) is 4. The highest BCUT2D eigenvalue weighted by atomic mass is 79.9. The monoisotopic (exact) mass is 383 g/mol. The molecule has 0 saturated heterocycles. The molecule has 1 atom stereocenters. The number of halogens is 1. The molecule has 1 aromatic carbocycles. The number of aryl methyl sites for hydroxylation is 1.